The van der Waals surface area contributed by atoms with Crippen molar-refractivity contribution in [3.8, 4) is 0 Å². The number of nitrogens with one attached hydrogen (secondary N) is 1. The molecule has 5 nitrogen and oxygen atoms in total. The molecule has 1 aliphatic heterocycles. The number of hydrogen-bond donors (Lipinski definition) is 2. The summed E-state index contributed by atoms with van der Waals surface area (Å²) in [6.45, 7) is 5.98. The van der Waals surface area contributed by atoms with Gasteiger partial charge in [-0.05, 0) is 25.7 Å². The molecule has 2 atom stereocenters. The van der Waals surface area contributed by atoms with Crippen molar-refractivity contribution in [3.63, 3.8) is 0 Å². The first-order chi connectivity index (χ1) is 10.1. The van der Waals surface area contributed by atoms with Crippen LogP contribution in [0.3, 0.4) is 0 Å². The first kappa shape index (κ1) is 18.0. The van der Waals surface area contributed by atoms with Crippen molar-refractivity contribution in [1.82, 2.24) is 10.2 Å². The Balaban J connectivity index is 2.47. The van der Waals surface area contributed by atoms with E-state index in [1.54, 1.807) is 0 Å². The number of nitrogens with zero attached hydrogens (tertiary/aromatic N) is 1. The Morgan fingerprint density at radius 1 is 1.33 bits per heavy atom. The first-order valence-corrected chi connectivity index (χ1v) is 8.40. The van der Waals surface area contributed by atoms with E-state index in [0.717, 1.165) is 45.1 Å². The lowest BCUT2D eigenvalue weighted by atomic mass is 9.96. The number of likely N-dealkylation sites (tertiary alicyclic amines) is 1. The van der Waals surface area contributed by atoms with Crippen LogP contribution in [0.15, 0.2) is 0 Å². The van der Waals surface area contributed by atoms with Crippen LogP contribution in [0.25, 0.3) is 0 Å². The summed E-state index contributed by atoms with van der Waals surface area (Å²) in [7, 11) is 0. The molecular weight excluding hydrogens is 266 g/mol. The highest BCUT2D eigenvalue weighted by Crippen LogP contribution is 2.18. The number of rotatable bonds is 8. The Morgan fingerprint density at radius 2 is 2.10 bits per heavy atom. The zero-order valence-electron chi connectivity index (χ0n) is 13.6. The van der Waals surface area contributed by atoms with Gasteiger partial charge in [0, 0.05) is 32.1 Å². The standard InChI is InChI=1S/C16H31N3O2/c1-3-5-9-14(11-17)18-16(21)13-8-6-10-19(12-13)15(20)7-4-2/h13-14H,3-12,17H2,1-2H3,(H,18,21). The normalized spacial score (nSPS) is 20.1. The number of carbonyl (C=O) groups is 2. The van der Waals surface area contributed by atoms with Gasteiger partial charge in [0.25, 0.3) is 0 Å². The second-order valence-electron chi connectivity index (χ2n) is 6.01. The number of carbonyl (C=O) groups excluding carboxylic acids is 2. The molecule has 3 N–H and O–H groups in total. The number of nitrogens with two attached hydrogens (primary N) is 1. The van der Waals surface area contributed by atoms with Gasteiger partial charge < -0.3 is 16.0 Å². The topological polar surface area (TPSA) is 75.4 Å². The second-order valence-corrected chi connectivity index (χ2v) is 6.01. The molecule has 122 valence electrons. The van der Waals surface area contributed by atoms with Gasteiger partial charge in [0.15, 0.2) is 0 Å². The Bertz CT molecular complexity index is 333. The summed E-state index contributed by atoms with van der Waals surface area (Å²) in [5.74, 6) is 0.169. The Morgan fingerprint density at radius 3 is 2.71 bits per heavy atom. The van der Waals surface area contributed by atoms with Crippen LogP contribution >= 0.6 is 0 Å². The fraction of sp³-hybridized carbons (Fsp3) is 0.875. The third kappa shape index (κ3) is 6.04. The van der Waals surface area contributed by atoms with E-state index in [2.05, 4.69) is 12.2 Å². The number of piperidine rings is 1. The van der Waals surface area contributed by atoms with Crippen molar-refractivity contribution < 1.29 is 9.59 Å². The minimum Gasteiger partial charge on any atom is -0.352 e. The van der Waals surface area contributed by atoms with Crippen molar-refractivity contribution in [2.24, 2.45) is 11.7 Å². The Labute approximate surface area is 128 Å². The largest absolute Gasteiger partial charge is 0.352 e. The van der Waals surface area contributed by atoms with E-state index in [1.165, 1.54) is 0 Å². The quantitative estimate of drug-likeness (QED) is 0.715. The van der Waals surface area contributed by atoms with Crippen LogP contribution in [0.1, 0.15) is 58.8 Å². The maximum atomic E-state index is 12.4. The Kier molecular flexibility index (Phi) is 8.35. The van der Waals surface area contributed by atoms with Crippen LogP contribution in [-0.4, -0.2) is 42.4 Å². The van der Waals surface area contributed by atoms with E-state index in [9.17, 15) is 9.59 Å². The van der Waals surface area contributed by atoms with Crippen molar-refractivity contribution >= 4 is 11.8 Å². The molecule has 1 fully saturated rings. The lowest BCUT2D eigenvalue weighted by Crippen LogP contribution is -2.49. The molecule has 1 rings (SSSR count). The minimum atomic E-state index is -0.0739. The molecule has 0 bridgehead atoms. The highest BCUT2D eigenvalue weighted by Gasteiger charge is 2.28. The average Bonchev–Trinajstić information content (AvgIpc) is 2.51. The SMILES string of the molecule is CCCCC(CN)NC(=O)C1CCCN(C(=O)CCC)C1. The summed E-state index contributed by atoms with van der Waals surface area (Å²) >= 11 is 0. The molecule has 0 aromatic carbocycles. The molecule has 1 saturated heterocycles. The summed E-state index contributed by atoms with van der Waals surface area (Å²) in [6.07, 6.45) is 6.34. The van der Waals surface area contributed by atoms with Gasteiger partial charge in [-0.1, -0.05) is 26.7 Å². The van der Waals surface area contributed by atoms with Crippen molar-refractivity contribution in [2.45, 2.75) is 64.8 Å². The van der Waals surface area contributed by atoms with Gasteiger partial charge in [0.2, 0.25) is 11.8 Å². The van der Waals surface area contributed by atoms with E-state index >= 15 is 0 Å². The van der Waals surface area contributed by atoms with Crippen LogP contribution in [0.5, 0.6) is 0 Å². The molecule has 5 heteroatoms. The van der Waals surface area contributed by atoms with E-state index in [1.807, 2.05) is 11.8 Å². The first-order valence-electron chi connectivity index (χ1n) is 8.40. The molecule has 21 heavy (non-hydrogen) atoms. The van der Waals surface area contributed by atoms with Crippen LogP contribution in [0, 0.1) is 5.92 Å². The van der Waals surface area contributed by atoms with Crippen LogP contribution in [0.2, 0.25) is 0 Å². The molecule has 2 unspecified atom stereocenters. The zero-order chi connectivity index (χ0) is 15.7. The molecule has 1 aliphatic rings. The molecule has 2 amide bonds. The zero-order valence-corrected chi connectivity index (χ0v) is 13.6. The lowest BCUT2D eigenvalue weighted by Gasteiger charge is -2.33. The van der Waals surface area contributed by atoms with Crippen molar-refractivity contribution in [3.05, 3.63) is 0 Å². The summed E-state index contributed by atoms with van der Waals surface area (Å²) in [5, 5.41) is 3.06. The van der Waals surface area contributed by atoms with Crippen LogP contribution < -0.4 is 11.1 Å². The predicted molar refractivity (Wildman–Crippen MR) is 84.7 cm³/mol. The summed E-state index contributed by atoms with van der Waals surface area (Å²) in [6, 6.07) is 0.0687. The fourth-order valence-corrected chi connectivity index (χ4v) is 2.81. The summed E-state index contributed by atoms with van der Waals surface area (Å²) in [4.78, 5) is 26.2. The smallest absolute Gasteiger partial charge is 0.225 e. The van der Waals surface area contributed by atoms with E-state index < -0.39 is 0 Å². The molecule has 0 aromatic heterocycles. The summed E-state index contributed by atoms with van der Waals surface area (Å²) in [5.41, 5.74) is 5.73. The average molecular weight is 297 g/mol. The fourth-order valence-electron chi connectivity index (χ4n) is 2.81. The highest BCUT2D eigenvalue weighted by molar-refractivity contribution is 5.81. The van der Waals surface area contributed by atoms with Crippen LogP contribution in [0.4, 0.5) is 0 Å². The van der Waals surface area contributed by atoms with Crippen molar-refractivity contribution in [2.75, 3.05) is 19.6 Å². The monoisotopic (exact) mass is 297 g/mol. The number of amides is 2. The molecular formula is C16H31N3O2. The number of hydrogen-bond acceptors (Lipinski definition) is 3. The molecule has 0 saturated carbocycles. The van der Waals surface area contributed by atoms with Gasteiger partial charge >= 0.3 is 0 Å². The third-order valence-electron chi connectivity index (χ3n) is 4.15. The van der Waals surface area contributed by atoms with Gasteiger partial charge in [-0.3, -0.25) is 9.59 Å². The van der Waals surface area contributed by atoms with E-state index in [-0.39, 0.29) is 23.8 Å². The highest BCUT2D eigenvalue weighted by atomic mass is 16.2. The van der Waals surface area contributed by atoms with Gasteiger partial charge in [-0.25, -0.2) is 0 Å². The maximum Gasteiger partial charge on any atom is 0.225 e. The molecule has 1 heterocycles. The third-order valence-corrected chi connectivity index (χ3v) is 4.15. The molecule has 0 aromatic rings. The Hall–Kier alpha value is -1.10. The van der Waals surface area contributed by atoms with Crippen LogP contribution in [-0.2, 0) is 9.59 Å². The molecule has 0 radical (unpaired) electrons. The molecule has 0 spiro atoms. The van der Waals surface area contributed by atoms with Gasteiger partial charge in [0.05, 0.1) is 5.92 Å². The maximum absolute atomic E-state index is 12.4. The van der Waals surface area contributed by atoms with Gasteiger partial charge in [-0.15, -0.1) is 0 Å². The number of unbranched alkanes of at least 4 members (excludes halogenated alkanes) is 1. The van der Waals surface area contributed by atoms with Gasteiger partial charge in [0.1, 0.15) is 0 Å². The predicted octanol–water partition coefficient (Wildman–Crippen LogP) is 1.66. The van der Waals surface area contributed by atoms with Gasteiger partial charge in [-0.2, -0.15) is 0 Å². The second kappa shape index (κ2) is 9.77. The van der Waals surface area contributed by atoms with E-state index in [4.69, 9.17) is 5.73 Å². The van der Waals surface area contributed by atoms with Crippen molar-refractivity contribution in [1.29, 1.82) is 0 Å². The minimum absolute atomic E-state index is 0.0653. The molecule has 0 aliphatic carbocycles. The lowest BCUT2D eigenvalue weighted by molar-refractivity contribution is -0.135. The van der Waals surface area contributed by atoms with E-state index in [0.29, 0.717) is 19.5 Å². The summed E-state index contributed by atoms with van der Waals surface area (Å²) < 4.78 is 0.